The van der Waals surface area contributed by atoms with Crippen LogP contribution in [0.15, 0.2) is 54.0 Å². The van der Waals surface area contributed by atoms with Crippen LogP contribution in [0.5, 0.6) is 0 Å². The maximum Gasteiger partial charge on any atom is 0.273 e. The van der Waals surface area contributed by atoms with Crippen LogP contribution >= 0.6 is 11.3 Å². The molecule has 7 heteroatoms. The van der Waals surface area contributed by atoms with Gasteiger partial charge in [0.05, 0.1) is 5.69 Å². The van der Waals surface area contributed by atoms with Gasteiger partial charge in [-0.15, -0.1) is 11.3 Å². The highest BCUT2D eigenvalue weighted by Crippen LogP contribution is 2.23. The number of amides is 1. The van der Waals surface area contributed by atoms with Gasteiger partial charge in [0.2, 0.25) is 0 Å². The Morgan fingerprint density at radius 1 is 1.04 bits per heavy atom. The molecule has 1 aliphatic heterocycles. The summed E-state index contributed by atoms with van der Waals surface area (Å²) in [6.45, 7) is 2.67. The first-order valence-corrected chi connectivity index (χ1v) is 9.25. The molecule has 1 fully saturated rings. The number of benzene rings is 1. The van der Waals surface area contributed by atoms with Crippen LogP contribution in [0.1, 0.15) is 10.5 Å². The summed E-state index contributed by atoms with van der Waals surface area (Å²) in [6.07, 6.45) is 1.72. The summed E-state index contributed by atoms with van der Waals surface area (Å²) >= 11 is 1.43. The van der Waals surface area contributed by atoms with Crippen LogP contribution < -0.4 is 4.90 Å². The zero-order chi connectivity index (χ0) is 17.9. The average Bonchev–Trinajstić information content (AvgIpc) is 3.19. The molecule has 132 valence electrons. The molecule has 0 N–H and O–H groups in total. The lowest BCUT2D eigenvalue weighted by Crippen LogP contribution is -2.48. The lowest BCUT2D eigenvalue weighted by Gasteiger charge is -2.35. The fourth-order valence-electron chi connectivity index (χ4n) is 2.96. The molecule has 0 spiro atoms. The fraction of sp³-hybridized carbons (Fsp3) is 0.211. The number of pyridine rings is 1. The molecule has 1 aliphatic rings. The highest BCUT2D eigenvalue weighted by molar-refractivity contribution is 7.13. The minimum absolute atomic E-state index is 0.0535. The Balaban J connectivity index is 1.41. The number of piperazine rings is 1. The van der Waals surface area contributed by atoms with Gasteiger partial charge in [-0.2, -0.15) is 0 Å². The Hall–Kier alpha value is -2.80. The van der Waals surface area contributed by atoms with Crippen LogP contribution in [0.2, 0.25) is 0 Å². The van der Waals surface area contributed by atoms with Crippen molar-refractivity contribution in [1.29, 1.82) is 0 Å². The molecular formula is C19H17FN4OS. The number of carbonyl (C=O) groups excluding carboxylic acids is 1. The quantitative estimate of drug-likeness (QED) is 0.712. The Morgan fingerprint density at radius 3 is 2.50 bits per heavy atom. The van der Waals surface area contributed by atoms with E-state index in [4.69, 9.17) is 0 Å². The second kappa shape index (κ2) is 7.21. The van der Waals surface area contributed by atoms with E-state index >= 15 is 0 Å². The molecule has 4 rings (SSSR count). The van der Waals surface area contributed by atoms with Gasteiger partial charge < -0.3 is 9.80 Å². The van der Waals surface area contributed by atoms with Crippen LogP contribution in [-0.2, 0) is 0 Å². The van der Waals surface area contributed by atoms with Gasteiger partial charge in [0.15, 0.2) is 0 Å². The SMILES string of the molecule is O=C(c1csc(-c2ccccn2)n1)N1CCN(c2ccc(F)cc2)CC1. The summed E-state index contributed by atoms with van der Waals surface area (Å²) in [5.41, 5.74) is 2.22. The Kier molecular flexibility index (Phi) is 4.62. The lowest BCUT2D eigenvalue weighted by atomic mass is 10.2. The number of rotatable bonds is 3. The summed E-state index contributed by atoms with van der Waals surface area (Å²) in [5.74, 6) is -0.294. The van der Waals surface area contributed by atoms with E-state index in [-0.39, 0.29) is 11.7 Å². The Bertz CT molecular complexity index is 889. The minimum atomic E-state index is -0.241. The molecular weight excluding hydrogens is 351 g/mol. The molecule has 3 aromatic rings. The summed E-state index contributed by atoms with van der Waals surface area (Å²) in [7, 11) is 0. The van der Waals surface area contributed by atoms with Crippen molar-refractivity contribution in [3.8, 4) is 10.7 Å². The molecule has 1 saturated heterocycles. The Morgan fingerprint density at radius 2 is 1.81 bits per heavy atom. The van der Waals surface area contributed by atoms with Gasteiger partial charge in [0.1, 0.15) is 16.5 Å². The predicted molar refractivity (Wildman–Crippen MR) is 99.9 cm³/mol. The van der Waals surface area contributed by atoms with E-state index in [9.17, 15) is 9.18 Å². The van der Waals surface area contributed by atoms with E-state index in [0.29, 0.717) is 31.9 Å². The van der Waals surface area contributed by atoms with Crippen molar-refractivity contribution in [2.75, 3.05) is 31.1 Å². The molecule has 0 aliphatic carbocycles. The first-order chi connectivity index (χ1) is 12.7. The summed E-state index contributed by atoms with van der Waals surface area (Å²) in [5, 5.41) is 2.54. The van der Waals surface area contributed by atoms with E-state index < -0.39 is 0 Å². The largest absolute Gasteiger partial charge is 0.368 e. The number of hydrogen-bond donors (Lipinski definition) is 0. The molecule has 0 radical (unpaired) electrons. The summed E-state index contributed by atoms with van der Waals surface area (Å²) in [4.78, 5) is 25.4. The van der Waals surface area contributed by atoms with Gasteiger partial charge in [-0.05, 0) is 36.4 Å². The van der Waals surface area contributed by atoms with Crippen molar-refractivity contribution in [3.63, 3.8) is 0 Å². The number of carbonyl (C=O) groups is 1. The minimum Gasteiger partial charge on any atom is -0.368 e. The highest BCUT2D eigenvalue weighted by atomic mass is 32.1. The van der Waals surface area contributed by atoms with Crippen molar-refractivity contribution in [2.45, 2.75) is 0 Å². The topological polar surface area (TPSA) is 49.3 Å². The van der Waals surface area contributed by atoms with E-state index in [1.54, 1.807) is 23.7 Å². The van der Waals surface area contributed by atoms with Crippen LogP contribution in [0.4, 0.5) is 10.1 Å². The van der Waals surface area contributed by atoms with Crippen LogP contribution in [-0.4, -0.2) is 47.0 Å². The molecule has 1 amide bonds. The number of nitrogens with zero attached hydrogens (tertiary/aromatic N) is 4. The first-order valence-electron chi connectivity index (χ1n) is 8.37. The van der Waals surface area contributed by atoms with Gasteiger partial charge in [0.25, 0.3) is 5.91 Å². The third kappa shape index (κ3) is 3.43. The van der Waals surface area contributed by atoms with Crippen LogP contribution in [0.25, 0.3) is 10.7 Å². The monoisotopic (exact) mass is 368 g/mol. The molecule has 2 aromatic heterocycles. The smallest absolute Gasteiger partial charge is 0.273 e. The predicted octanol–water partition coefficient (Wildman–Crippen LogP) is 3.31. The normalized spacial score (nSPS) is 14.5. The summed E-state index contributed by atoms with van der Waals surface area (Å²) in [6, 6.07) is 12.1. The van der Waals surface area contributed by atoms with Crippen LogP contribution in [0, 0.1) is 5.82 Å². The second-order valence-electron chi connectivity index (χ2n) is 6.01. The standard InChI is InChI=1S/C19H17FN4OS/c20-14-4-6-15(7-5-14)23-9-11-24(12-10-23)19(25)17-13-26-18(22-17)16-3-1-2-8-21-16/h1-8,13H,9-12H2. The summed E-state index contributed by atoms with van der Waals surface area (Å²) < 4.78 is 13.1. The molecule has 26 heavy (non-hydrogen) atoms. The zero-order valence-electron chi connectivity index (χ0n) is 14.0. The third-order valence-electron chi connectivity index (χ3n) is 4.37. The number of halogens is 1. The highest BCUT2D eigenvalue weighted by Gasteiger charge is 2.24. The third-order valence-corrected chi connectivity index (χ3v) is 5.23. The fourth-order valence-corrected chi connectivity index (χ4v) is 3.73. The maximum absolute atomic E-state index is 13.1. The average molecular weight is 368 g/mol. The molecule has 0 unspecified atom stereocenters. The van der Waals surface area contributed by atoms with Crippen molar-refractivity contribution in [2.24, 2.45) is 0 Å². The first kappa shape index (κ1) is 16.7. The number of anilines is 1. The van der Waals surface area contributed by atoms with Gasteiger partial charge in [-0.3, -0.25) is 9.78 Å². The molecule has 1 aromatic carbocycles. The van der Waals surface area contributed by atoms with Gasteiger partial charge in [0, 0.05) is 43.4 Å². The van der Waals surface area contributed by atoms with E-state index in [0.717, 1.165) is 16.4 Å². The lowest BCUT2D eigenvalue weighted by molar-refractivity contribution is 0.0742. The second-order valence-corrected chi connectivity index (χ2v) is 6.87. The molecule has 0 atom stereocenters. The van der Waals surface area contributed by atoms with Gasteiger partial charge >= 0.3 is 0 Å². The number of aromatic nitrogens is 2. The van der Waals surface area contributed by atoms with Gasteiger partial charge in [-0.1, -0.05) is 6.07 Å². The maximum atomic E-state index is 13.1. The van der Waals surface area contributed by atoms with E-state index in [2.05, 4.69) is 14.9 Å². The van der Waals surface area contributed by atoms with Crippen LogP contribution in [0.3, 0.4) is 0 Å². The Labute approximate surface area is 154 Å². The molecule has 0 bridgehead atoms. The van der Waals surface area contributed by atoms with Crippen molar-refractivity contribution in [1.82, 2.24) is 14.9 Å². The molecule has 0 saturated carbocycles. The molecule has 3 heterocycles. The zero-order valence-corrected chi connectivity index (χ0v) is 14.8. The number of thiazole rings is 1. The van der Waals surface area contributed by atoms with Gasteiger partial charge in [-0.25, -0.2) is 9.37 Å². The van der Waals surface area contributed by atoms with E-state index in [1.807, 2.05) is 23.1 Å². The van der Waals surface area contributed by atoms with Crippen molar-refractivity contribution in [3.05, 3.63) is 65.6 Å². The van der Waals surface area contributed by atoms with Crippen molar-refractivity contribution >= 4 is 22.9 Å². The molecule has 5 nitrogen and oxygen atoms in total. The van der Waals surface area contributed by atoms with Crippen molar-refractivity contribution < 1.29 is 9.18 Å². The number of hydrogen-bond acceptors (Lipinski definition) is 5. The van der Waals surface area contributed by atoms with E-state index in [1.165, 1.54) is 23.5 Å².